The number of amides is 1. The van der Waals surface area contributed by atoms with Crippen LogP contribution in [-0.4, -0.2) is 54.5 Å². The number of aliphatic hydroxyl groups excluding tert-OH is 1. The van der Waals surface area contributed by atoms with E-state index < -0.39 is 24.3 Å². The maximum absolute atomic E-state index is 12.9. The van der Waals surface area contributed by atoms with Crippen LogP contribution in [0.1, 0.15) is 16.1 Å². The molecule has 1 amide bonds. The number of benzene rings is 1. The van der Waals surface area contributed by atoms with Gasteiger partial charge in [0.15, 0.2) is 5.78 Å². The minimum atomic E-state index is -0.937. The topological polar surface area (TPSA) is 144 Å². The van der Waals surface area contributed by atoms with E-state index in [0.29, 0.717) is 22.6 Å². The second-order valence-electron chi connectivity index (χ2n) is 6.35. The molecule has 5 N–H and O–H groups in total. The van der Waals surface area contributed by atoms with Gasteiger partial charge in [-0.3, -0.25) is 9.59 Å². The number of carbonyl (C=O) groups excluding carboxylic acids is 2. The van der Waals surface area contributed by atoms with Crippen LogP contribution in [0.15, 0.2) is 42.2 Å². The molecule has 3 aromatic heterocycles. The number of aromatic amines is 2. The van der Waals surface area contributed by atoms with Crippen molar-refractivity contribution in [1.82, 2.24) is 25.3 Å². The molecule has 0 saturated heterocycles. The molecule has 0 bridgehead atoms. The Labute approximate surface area is 168 Å². The van der Waals surface area contributed by atoms with Crippen molar-refractivity contribution in [1.29, 1.82) is 0 Å². The largest absolute Gasteiger partial charge is 0.506 e. The number of thiophene rings is 1. The second kappa shape index (κ2) is 7.86. The molecule has 0 aliphatic rings. The highest BCUT2D eigenvalue weighted by atomic mass is 32.1. The number of carbonyl (C=O) groups is 2. The number of nitrogens with zero attached hydrogens (tertiary/aromatic N) is 2. The minimum absolute atomic E-state index is 0.0349. The van der Waals surface area contributed by atoms with E-state index in [1.54, 1.807) is 6.20 Å². The van der Waals surface area contributed by atoms with E-state index >= 15 is 0 Å². The number of H-pyrrole nitrogens is 2. The van der Waals surface area contributed by atoms with E-state index in [2.05, 4.69) is 25.3 Å². The lowest BCUT2D eigenvalue weighted by molar-refractivity contribution is -0.123. The number of hydrogen-bond donors (Lipinski definition) is 5. The molecule has 4 aromatic rings. The maximum Gasteiger partial charge on any atom is 0.254 e. The summed E-state index contributed by atoms with van der Waals surface area (Å²) in [6, 6.07) is 5.65. The Morgan fingerprint density at radius 2 is 2.14 bits per heavy atom. The number of rotatable bonds is 7. The number of Topliss-reactive ketones (excluding diaryl/α,β-unsaturated/α-hetero) is 1. The number of nitrogens with one attached hydrogen (secondary N) is 3. The number of phenols is 1. The normalized spacial score (nSPS) is 12.2. The standard InChI is InChI=1S/C19H17N5O4S/c25-8-14(27)12(6-10-7-20-9-21-10)22-19(28)11-3-4-13(26)17-16(11)23-18(24-17)15-2-1-5-29-15/h1-5,7,9,12,25-26H,6,8H2,(H,20,21)(H,22,28)(H,23,24)/t12-/m0/s1. The lowest BCUT2D eigenvalue weighted by Gasteiger charge is -2.16. The van der Waals surface area contributed by atoms with Crippen LogP contribution in [0, 0.1) is 0 Å². The molecule has 0 unspecified atom stereocenters. The SMILES string of the molecule is O=C(N[C@@H](Cc1cnc[nH]1)C(=O)CO)c1ccc(O)c2[nH]c(-c3cccs3)nc12. The van der Waals surface area contributed by atoms with Crippen molar-refractivity contribution in [3.8, 4) is 16.5 Å². The molecule has 1 atom stereocenters. The molecule has 0 saturated carbocycles. The fourth-order valence-corrected chi connectivity index (χ4v) is 3.67. The summed E-state index contributed by atoms with van der Waals surface area (Å²) in [5.74, 6) is -0.562. The van der Waals surface area contributed by atoms with Crippen molar-refractivity contribution in [2.24, 2.45) is 0 Å². The number of aliphatic hydroxyl groups is 1. The van der Waals surface area contributed by atoms with E-state index in [0.717, 1.165) is 4.88 Å². The maximum atomic E-state index is 12.9. The fraction of sp³-hybridized carbons (Fsp3) is 0.158. The number of aromatic nitrogens is 4. The first kappa shape index (κ1) is 18.8. The molecule has 4 rings (SSSR count). The lowest BCUT2D eigenvalue weighted by Crippen LogP contribution is -2.43. The molecule has 29 heavy (non-hydrogen) atoms. The van der Waals surface area contributed by atoms with Crippen LogP contribution >= 0.6 is 11.3 Å². The lowest BCUT2D eigenvalue weighted by atomic mass is 10.1. The fourth-order valence-electron chi connectivity index (χ4n) is 3.00. The molecule has 0 spiro atoms. The van der Waals surface area contributed by atoms with Crippen LogP contribution < -0.4 is 5.32 Å². The van der Waals surface area contributed by atoms with E-state index in [9.17, 15) is 19.8 Å². The van der Waals surface area contributed by atoms with Crippen molar-refractivity contribution in [3.05, 3.63) is 53.4 Å². The summed E-state index contributed by atoms with van der Waals surface area (Å²) < 4.78 is 0. The van der Waals surface area contributed by atoms with Crippen molar-refractivity contribution in [2.45, 2.75) is 12.5 Å². The molecular formula is C19H17N5O4S. The third-order valence-electron chi connectivity index (χ3n) is 4.45. The Hall–Kier alpha value is -3.50. The summed E-state index contributed by atoms with van der Waals surface area (Å²) >= 11 is 1.47. The van der Waals surface area contributed by atoms with Gasteiger partial charge in [-0.2, -0.15) is 0 Å². The second-order valence-corrected chi connectivity index (χ2v) is 7.30. The van der Waals surface area contributed by atoms with E-state index in [4.69, 9.17) is 0 Å². The van der Waals surface area contributed by atoms with E-state index in [1.807, 2.05) is 17.5 Å². The van der Waals surface area contributed by atoms with Gasteiger partial charge in [0.05, 0.1) is 22.8 Å². The first-order valence-electron chi connectivity index (χ1n) is 8.74. The van der Waals surface area contributed by atoms with Gasteiger partial charge in [0.2, 0.25) is 0 Å². The van der Waals surface area contributed by atoms with Gasteiger partial charge in [0, 0.05) is 18.3 Å². The summed E-state index contributed by atoms with van der Waals surface area (Å²) in [5, 5.41) is 24.0. The molecule has 0 aliphatic heterocycles. The number of phenolic OH excluding ortho intramolecular Hbond substituents is 1. The predicted molar refractivity (Wildman–Crippen MR) is 107 cm³/mol. The van der Waals surface area contributed by atoms with Crippen LogP contribution in [0.5, 0.6) is 5.75 Å². The third kappa shape index (κ3) is 3.75. The highest BCUT2D eigenvalue weighted by Crippen LogP contribution is 2.30. The third-order valence-corrected chi connectivity index (χ3v) is 5.33. The summed E-state index contributed by atoms with van der Waals surface area (Å²) in [7, 11) is 0. The first-order chi connectivity index (χ1) is 14.1. The van der Waals surface area contributed by atoms with Crippen LogP contribution in [0.2, 0.25) is 0 Å². The monoisotopic (exact) mass is 411 g/mol. The molecule has 0 radical (unpaired) electrons. The van der Waals surface area contributed by atoms with Crippen molar-refractivity contribution >= 4 is 34.1 Å². The number of ketones is 1. The van der Waals surface area contributed by atoms with Gasteiger partial charge >= 0.3 is 0 Å². The van der Waals surface area contributed by atoms with Gasteiger partial charge in [0.1, 0.15) is 29.2 Å². The zero-order valence-electron chi connectivity index (χ0n) is 15.0. The zero-order chi connectivity index (χ0) is 20.4. The minimum Gasteiger partial charge on any atom is -0.506 e. The number of hydrogen-bond acceptors (Lipinski definition) is 7. The summed E-state index contributed by atoms with van der Waals surface area (Å²) in [6.07, 6.45) is 3.17. The highest BCUT2D eigenvalue weighted by molar-refractivity contribution is 7.13. The Balaban J connectivity index is 1.66. The molecule has 1 aromatic carbocycles. The summed E-state index contributed by atoms with van der Waals surface area (Å²) in [5.41, 5.74) is 1.48. The summed E-state index contributed by atoms with van der Waals surface area (Å²) in [6.45, 7) is -0.699. The first-order valence-corrected chi connectivity index (χ1v) is 9.62. The molecule has 3 heterocycles. The number of aromatic hydroxyl groups is 1. The molecule has 9 nitrogen and oxygen atoms in total. The van der Waals surface area contributed by atoms with Crippen LogP contribution in [0.3, 0.4) is 0 Å². The zero-order valence-corrected chi connectivity index (χ0v) is 15.9. The molecule has 148 valence electrons. The van der Waals surface area contributed by atoms with Gasteiger partial charge in [0.25, 0.3) is 5.91 Å². The molecule has 0 fully saturated rings. The number of fused-ring (bicyclic) bond motifs is 1. The van der Waals surface area contributed by atoms with Gasteiger partial charge in [-0.15, -0.1) is 11.3 Å². The molecule has 10 heteroatoms. The van der Waals surface area contributed by atoms with Gasteiger partial charge < -0.3 is 25.5 Å². The van der Waals surface area contributed by atoms with Crippen LogP contribution in [0.4, 0.5) is 0 Å². The van der Waals surface area contributed by atoms with Crippen LogP contribution in [0.25, 0.3) is 21.7 Å². The Bertz CT molecular complexity index is 1150. The van der Waals surface area contributed by atoms with Crippen LogP contribution in [-0.2, 0) is 11.2 Å². The summed E-state index contributed by atoms with van der Waals surface area (Å²) in [4.78, 5) is 40.2. The van der Waals surface area contributed by atoms with Crippen molar-refractivity contribution < 1.29 is 19.8 Å². The van der Waals surface area contributed by atoms with E-state index in [1.165, 1.54) is 29.8 Å². The Morgan fingerprint density at radius 3 is 2.83 bits per heavy atom. The number of imidazole rings is 2. The Kier molecular flexibility index (Phi) is 5.10. The van der Waals surface area contributed by atoms with Crippen molar-refractivity contribution in [3.63, 3.8) is 0 Å². The van der Waals surface area contributed by atoms with E-state index in [-0.39, 0.29) is 17.7 Å². The predicted octanol–water partition coefficient (Wildman–Crippen LogP) is 1.62. The van der Waals surface area contributed by atoms with Gasteiger partial charge in [-0.05, 0) is 23.6 Å². The average Bonchev–Trinajstić information content (AvgIpc) is 3.47. The molecular weight excluding hydrogens is 394 g/mol. The Morgan fingerprint density at radius 1 is 1.28 bits per heavy atom. The smallest absolute Gasteiger partial charge is 0.254 e. The quantitative estimate of drug-likeness (QED) is 0.313. The van der Waals surface area contributed by atoms with Gasteiger partial charge in [-0.1, -0.05) is 6.07 Å². The van der Waals surface area contributed by atoms with Crippen molar-refractivity contribution in [2.75, 3.05) is 6.61 Å². The van der Waals surface area contributed by atoms with Gasteiger partial charge in [-0.25, -0.2) is 9.97 Å². The molecule has 0 aliphatic carbocycles. The average molecular weight is 411 g/mol. The highest BCUT2D eigenvalue weighted by Gasteiger charge is 2.24.